The van der Waals surface area contributed by atoms with Crippen LogP contribution in [-0.2, 0) is 31.3 Å². The van der Waals surface area contributed by atoms with Crippen molar-refractivity contribution in [3.8, 4) is 0 Å². The van der Waals surface area contributed by atoms with Crippen LogP contribution in [0.1, 0.15) is 42.5 Å². The number of esters is 2. The van der Waals surface area contributed by atoms with Crippen LogP contribution in [0.2, 0.25) is 5.02 Å². The van der Waals surface area contributed by atoms with E-state index in [2.05, 4.69) is 10.6 Å². The van der Waals surface area contributed by atoms with Gasteiger partial charge in [-0.05, 0) is 55.3 Å². The van der Waals surface area contributed by atoms with Crippen molar-refractivity contribution >= 4 is 29.2 Å². The van der Waals surface area contributed by atoms with Gasteiger partial charge in [0.25, 0.3) is 5.79 Å². The number of rotatable bonds is 3. The summed E-state index contributed by atoms with van der Waals surface area (Å²) in [4.78, 5) is 24.4. The Morgan fingerprint density at radius 1 is 1.06 bits per heavy atom. The minimum absolute atomic E-state index is 0.0587. The van der Waals surface area contributed by atoms with Crippen LogP contribution in [-0.4, -0.2) is 25.0 Å². The molecule has 0 aliphatic carbocycles. The third kappa shape index (κ3) is 4.36. The zero-order chi connectivity index (χ0) is 22.2. The first-order valence-electron chi connectivity index (χ1n) is 9.96. The summed E-state index contributed by atoms with van der Waals surface area (Å²) in [7, 11) is 0. The summed E-state index contributed by atoms with van der Waals surface area (Å²) in [6.07, 6.45) is 0.382. The number of ether oxygens (including phenoxy) is 2. The Morgan fingerprint density at radius 2 is 1.71 bits per heavy atom. The lowest BCUT2D eigenvalue weighted by Gasteiger charge is -2.32. The van der Waals surface area contributed by atoms with E-state index < -0.39 is 35.4 Å². The number of halogens is 3. The minimum atomic E-state index is -1.61. The van der Waals surface area contributed by atoms with Crippen LogP contribution >= 0.6 is 11.6 Å². The van der Waals surface area contributed by atoms with Crippen molar-refractivity contribution in [2.75, 3.05) is 18.4 Å². The third-order valence-electron chi connectivity index (χ3n) is 5.42. The van der Waals surface area contributed by atoms with Crippen LogP contribution in [0.15, 0.2) is 30.3 Å². The molecule has 2 aromatic carbocycles. The second-order valence-electron chi connectivity index (χ2n) is 7.65. The van der Waals surface area contributed by atoms with Gasteiger partial charge in [-0.25, -0.2) is 8.78 Å². The van der Waals surface area contributed by atoms with Gasteiger partial charge in [-0.2, -0.15) is 0 Å². The van der Waals surface area contributed by atoms with Gasteiger partial charge < -0.3 is 20.1 Å². The molecule has 0 bridgehead atoms. The zero-order valence-electron chi connectivity index (χ0n) is 16.8. The molecule has 1 fully saturated rings. The Morgan fingerprint density at radius 3 is 2.35 bits per heavy atom. The maximum Gasteiger partial charge on any atom is 0.309 e. The Hall–Kier alpha value is -2.71. The fourth-order valence-corrected chi connectivity index (χ4v) is 4.19. The highest BCUT2D eigenvalue weighted by atomic mass is 35.5. The van der Waals surface area contributed by atoms with Crippen LogP contribution in [0.3, 0.4) is 0 Å². The van der Waals surface area contributed by atoms with E-state index >= 15 is 0 Å². The van der Waals surface area contributed by atoms with Crippen LogP contribution in [0, 0.1) is 11.6 Å². The summed E-state index contributed by atoms with van der Waals surface area (Å²) in [5.41, 5.74) is 2.13. The molecule has 1 unspecified atom stereocenters. The van der Waals surface area contributed by atoms with Crippen LogP contribution < -0.4 is 10.6 Å². The Balaban J connectivity index is 1.77. The van der Waals surface area contributed by atoms with Crippen molar-refractivity contribution in [2.24, 2.45) is 0 Å². The summed E-state index contributed by atoms with van der Waals surface area (Å²) < 4.78 is 38.6. The number of benzene rings is 2. The molecule has 1 saturated heterocycles. The van der Waals surface area contributed by atoms with E-state index in [-0.39, 0.29) is 19.4 Å². The maximum atomic E-state index is 13.7. The first-order valence-corrected chi connectivity index (χ1v) is 10.3. The van der Waals surface area contributed by atoms with E-state index in [1.54, 1.807) is 19.1 Å². The first kappa shape index (κ1) is 21.5. The lowest BCUT2D eigenvalue weighted by Crippen LogP contribution is -2.43. The number of hydrogen-bond donors (Lipinski definition) is 2. The van der Waals surface area contributed by atoms with Gasteiger partial charge >= 0.3 is 11.9 Å². The molecule has 164 valence electrons. The van der Waals surface area contributed by atoms with Crippen molar-refractivity contribution in [3.05, 3.63) is 63.7 Å². The van der Waals surface area contributed by atoms with Gasteiger partial charge in [0.2, 0.25) is 0 Å². The smallest absolute Gasteiger partial charge is 0.309 e. The Bertz CT molecular complexity index is 1010. The van der Waals surface area contributed by atoms with E-state index in [9.17, 15) is 18.4 Å². The third-order valence-corrected chi connectivity index (χ3v) is 5.73. The van der Waals surface area contributed by atoms with Gasteiger partial charge in [0.15, 0.2) is 0 Å². The monoisotopic (exact) mass is 450 g/mol. The van der Waals surface area contributed by atoms with Crippen LogP contribution in [0.5, 0.6) is 0 Å². The first-order chi connectivity index (χ1) is 14.8. The van der Waals surface area contributed by atoms with Gasteiger partial charge in [0, 0.05) is 17.7 Å². The maximum absolute atomic E-state index is 13.7. The number of anilines is 1. The normalized spacial score (nSPS) is 19.0. The fraction of sp³-hybridized carbons (Fsp3) is 0.364. The minimum Gasteiger partial charge on any atom is -0.416 e. The predicted molar refractivity (Wildman–Crippen MR) is 110 cm³/mol. The van der Waals surface area contributed by atoms with Gasteiger partial charge in [-0.3, -0.25) is 9.59 Å². The quantitative estimate of drug-likeness (QED) is 0.689. The van der Waals surface area contributed by atoms with Crippen molar-refractivity contribution < 1.29 is 27.8 Å². The Kier molecular flexibility index (Phi) is 5.85. The summed E-state index contributed by atoms with van der Waals surface area (Å²) in [6.45, 7) is 2.37. The summed E-state index contributed by atoms with van der Waals surface area (Å²) in [5, 5.41) is 6.75. The molecule has 0 amide bonds. The van der Waals surface area contributed by atoms with Gasteiger partial charge in [0.1, 0.15) is 11.6 Å². The molecule has 2 N–H and O–H groups in total. The number of fused-ring (bicyclic) bond motifs is 2. The molecule has 2 heterocycles. The summed E-state index contributed by atoms with van der Waals surface area (Å²) >= 11 is 6.48. The van der Waals surface area contributed by atoms with E-state index in [4.69, 9.17) is 21.1 Å². The van der Waals surface area contributed by atoms with E-state index in [0.717, 1.165) is 6.07 Å². The lowest BCUT2D eigenvalue weighted by molar-refractivity contribution is -0.225. The standard InChI is InChI=1S/C22H21ClF2N2O4/c1-12(13-8-14(24)10-15(25)9-13)27-21-16-6-7-26-11-22(17(16)2-3-18(21)23)30-19(28)4-5-20(29)31-22/h2-3,8-10,12,26-27H,4-7,11H2,1H3. The SMILES string of the molecule is CC(Nc1c(Cl)ccc2c1CCNCC21OC(=O)CCC(=O)O1)c1cc(F)cc(F)c1. The van der Waals surface area contributed by atoms with Crippen molar-refractivity contribution in [2.45, 2.75) is 38.0 Å². The molecule has 0 radical (unpaired) electrons. The fourth-order valence-electron chi connectivity index (χ4n) is 3.96. The van der Waals surface area contributed by atoms with Crippen molar-refractivity contribution in [1.82, 2.24) is 5.32 Å². The molecular weight excluding hydrogens is 430 g/mol. The molecule has 2 aliphatic rings. The van der Waals surface area contributed by atoms with Crippen molar-refractivity contribution in [3.63, 3.8) is 0 Å². The van der Waals surface area contributed by atoms with Gasteiger partial charge in [0.05, 0.1) is 30.1 Å². The molecule has 4 rings (SSSR count). The Labute approximate surface area is 182 Å². The average Bonchev–Trinajstić information content (AvgIpc) is 2.96. The summed E-state index contributed by atoms with van der Waals surface area (Å²) in [6, 6.07) is 6.10. The molecule has 31 heavy (non-hydrogen) atoms. The summed E-state index contributed by atoms with van der Waals surface area (Å²) in [5.74, 6) is -4.03. The van der Waals surface area contributed by atoms with Crippen LogP contribution in [0.25, 0.3) is 0 Å². The lowest BCUT2D eigenvalue weighted by atomic mass is 9.95. The van der Waals surface area contributed by atoms with Gasteiger partial charge in [-0.1, -0.05) is 11.6 Å². The molecule has 0 aromatic heterocycles. The second kappa shape index (κ2) is 8.43. The van der Waals surface area contributed by atoms with Crippen molar-refractivity contribution in [1.29, 1.82) is 0 Å². The molecule has 2 aromatic rings. The van der Waals surface area contributed by atoms with Gasteiger partial charge in [-0.15, -0.1) is 0 Å². The predicted octanol–water partition coefficient (Wildman–Crippen LogP) is 3.97. The highest BCUT2D eigenvalue weighted by molar-refractivity contribution is 6.33. The number of nitrogens with one attached hydrogen (secondary N) is 2. The zero-order valence-corrected chi connectivity index (χ0v) is 17.5. The number of hydrogen-bond acceptors (Lipinski definition) is 6. The van der Waals surface area contributed by atoms with E-state index in [1.165, 1.54) is 12.1 Å². The van der Waals surface area contributed by atoms with E-state index in [0.29, 0.717) is 40.4 Å². The molecule has 1 atom stereocenters. The second-order valence-corrected chi connectivity index (χ2v) is 8.05. The molecule has 0 saturated carbocycles. The molecule has 2 aliphatic heterocycles. The highest BCUT2D eigenvalue weighted by Gasteiger charge is 2.46. The number of carbonyl (C=O) groups excluding carboxylic acids is 2. The molecular formula is C22H21ClF2N2O4. The molecule has 1 spiro atoms. The molecule has 6 nitrogen and oxygen atoms in total. The van der Waals surface area contributed by atoms with Crippen LogP contribution in [0.4, 0.5) is 14.5 Å². The number of carbonyl (C=O) groups is 2. The largest absolute Gasteiger partial charge is 0.416 e. The topological polar surface area (TPSA) is 76.7 Å². The highest BCUT2D eigenvalue weighted by Crippen LogP contribution is 2.41. The average molecular weight is 451 g/mol. The molecule has 9 heteroatoms. The van der Waals surface area contributed by atoms with E-state index in [1.807, 2.05) is 0 Å².